The number of unbranched alkanes of at least 4 members (excludes halogenated alkanes) is 1. The van der Waals surface area contributed by atoms with E-state index in [4.69, 9.17) is 25.5 Å². The number of para-hydroxylation sites is 1. The molecule has 0 aliphatic heterocycles. The van der Waals surface area contributed by atoms with Crippen molar-refractivity contribution in [3.63, 3.8) is 0 Å². The van der Waals surface area contributed by atoms with E-state index in [1.807, 2.05) is 24.3 Å². The number of carbonyl (C=O) groups is 2. The van der Waals surface area contributed by atoms with Gasteiger partial charge in [0.05, 0.1) is 54.9 Å². The molecule has 0 unspecified atom stereocenters. The maximum atomic E-state index is 9.00. The van der Waals surface area contributed by atoms with Gasteiger partial charge in [0.15, 0.2) is 0 Å². The summed E-state index contributed by atoms with van der Waals surface area (Å²) in [6.07, 6.45) is 6.91. The van der Waals surface area contributed by atoms with Crippen molar-refractivity contribution in [2.24, 2.45) is 0 Å². The van der Waals surface area contributed by atoms with Crippen molar-refractivity contribution in [2.45, 2.75) is 26.7 Å². The van der Waals surface area contributed by atoms with Crippen LogP contribution >= 0.6 is 15.8 Å². The zero-order chi connectivity index (χ0) is 35.3. The summed E-state index contributed by atoms with van der Waals surface area (Å²) in [7, 11) is -1.43. The summed E-state index contributed by atoms with van der Waals surface area (Å²) in [6.45, 7) is 2.17. The summed E-state index contributed by atoms with van der Waals surface area (Å²) >= 11 is 0. The molecule has 6 rings (SSSR count). The molecule has 6 aromatic rings. The van der Waals surface area contributed by atoms with E-state index >= 15 is 0 Å². The zero-order valence-electron chi connectivity index (χ0n) is 28.4. The van der Waals surface area contributed by atoms with Crippen LogP contribution in [0.1, 0.15) is 26.7 Å². The van der Waals surface area contributed by atoms with Crippen molar-refractivity contribution in [3.8, 4) is 0 Å². The Kier molecular flexibility index (Phi) is 20.1. The van der Waals surface area contributed by atoms with Crippen LogP contribution in [0.15, 0.2) is 158 Å². The quantitative estimate of drug-likeness (QED) is 0.0866. The van der Waals surface area contributed by atoms with Gasteiger partial charge in [0, 0.05) is 20.0 Å². The van der Waals surface area contributed by atoms with E-state index in [0.29, 0.717) is 5.69 Å². The van der Waals surface area contributed by atoms with Crippen molar-refractivity contribution in [2.75, 3.05) is 12.3 Å². The Labute approximate surface area is 311 Å². The van der Waals surface area contributed by atoms with Gasteiger partial charge < -0.3 is 15.9 Å². The monoisotopic (exact) mass is 793 g/mol. The van der Waals surface area contributed by atoms with Gasteiger partial charge in [0.25, 0.3) is 11.9 Å². The smallest absolute Gasteiger partial charge is 0.697 e. The Morgan fingerprint density at radius 1 is 0.540 bits per heavy atom. The van der Waals surface area contributed by atoms with Gasteiger partial charge in [-0.05, 0) is 72.8 Å². The maximum Gasteiger partial charge on any atom is 1.00 e. The molecule has 9 heteroatoms. The molecule has 1 radical (unpaired) electrons. The number of hydrogen-bond acceptors (Lipinski definition) is 3. The molecule has 259 valence electrons. The SMILES string of the molecule is CC(=O)O.CC(=O)O.[NH-]c1cccc2cccnc12.[Ru+].c1ccc([PH+](CCCC[PH+](c2ccccc2)c2ccccc2)c2ccccc2)cc1. The van der Waals surface area contributed by atoms with Crippen LogP contribution in [0.5, 0.6) is 0 Å². The number of aliphatic carboxylic acids is 2. The average Bonchev–Trinajstić information content (AvgIpc) is 3.11. The Morgan fingerprint density at radius 3 is 1.18 bits per heavy atom. The van der Waals surface area contributed by atoms with E-state index in [0.717, 1.165) is 24.8 Å². The second kappa shape index (κ2) is 24.0. The minimum Gasteiger partial charge on any atom is -0.697 e. The molecule has 0 bridgehead atoms. The molecule has 5 aromatic carbocycles. The number of nitrogens with zero attached hydrogens (tertiary/aromatic N) is 1. The Morgan fingerprint density at radius 2 is 0.860 bits per heavy atom. The van der Waals surface area contributed by atoms with E-state index in [1.165, 1.54) is 46.4 Å². The van der Waals surface area contributed by atoms with Gasteiger partial charge >= 0.3 is 19.5 Å². The molecule has 0 atom stereocenters. The normalized spacial score (nSPS) is 9.92. The number of pyridine rings is 1. The molecule has 1 aromatic heterocycles. The van der Waals surface area contributed by atoms with Crippen LogP contribution in [0.3, 0.4) is 0 Å². The van der Waals surface area contributed by atoms with Gasteiger partial charge in [0.2, 0.25) is 0 Å². The van der Waals surface area contributed by atoms with Gasteiger partial charge in [-0.3, -0.25) is 14.6 Å². The molecule has 6 nitrogen and oxygen atoms in total. The van der Waals surface area contributed by atoms with Crippen molar-refractivity contribution in [3.05, 3.63) is 164 Å². The molecule has 0 saturated heterocycles. The summed E-state index contributed by atoms with van der Waals surface area (Å²) in [5, 5.41) is 22.0. The average molecular weight is 793 g/mol. The molecular formula is C41H45N2O4P2Ru+2. The number of aromatic nitrogens is 1. The second-order valence-electron chi connectivity index (χ2n) is 11.0. The summed E-state index contributed by atoms with van der Waals surface area (Å²) in [4.78, 5) is 22.1. The fourth-order valence-electron chi connectivity index (χ4n) is 5.18. The second-order valence-corrected chi connectivity index (χ2v) is 16.3. The van der Waals surface area contributed by atoms with E-state index in [9.17, 15) is 0 Å². The van der Waals surface area contributed by atoms with Crippen LogP contribution in [-0.4, -0.2) is 39.5 Å². The first-order valence-corrected chi connectivity index (χ1v) is 19.6. The van der Waals surface area contributed by atoms with Crippen molar-refractivity contribution < 1.29 is 39.3 Å². The van der Waals surface area contributed by atoms with Crippen LogP contribution in [0.2, 0.25) is 0 Å². The number of fused-ring (bicyclic) bond motifs is 1. The van der Waals surface area contributed by atoms with Gasteiger partial charge in [-0.15, -0.1) is 5.69 Å². The molecule has 50 heavy (non-hydrogen) atoms. The first-order valence-electron chi connectivity index (χ1n) is 16.1. The summed E-state index contributed by atoms with van der Waals surface area (Å²) < 4.78 is 0. The van der Waals surface area contributed by atoms with Gasteiger partial charge in [-0.1, -0.05) is 97.1 Å². The standard InChI is InChI=1S/C28H28P2.C9H7N2.2C2H4O2.Ru/c1-5-15-25(16-6-1)29(26-17-7-2-8-18-26)23-13-14-24-30(27-19-9-3-10-20-27)28-21-11-4-12-22-28;10-8-5-1-3-7-4-2-6-11-9(7)8;2*1-2(3)4;/h1-12,15-22H,13-14,23-24H2;1-6,10H;2*1H3,(H,3,4);/q;-1;;;+1/p+2. The van der Waals surface area contributed by atoms with E-state index in [-0.39, 0.29) is 19.5 Å². The van der Waals surface area contributed by atoms with Gasteiger partial charge in [-0.25, -0.2) is 0 Å². The molecular weight excluding hydrogens is 747 g/mol. The third-order valence-corrected chi connectivity index (χ3v) is 13.1. The zero-order valence-corrected chi connectivity index (χ0v) is 32.1. The summed E-state index contributed by atoms with van der Waals surface area (Å²) in [6, 6.07) is 54.0. The molecule has 0 aliphatic rings. The number of carboxylic acid groups (broad SMARTS) is 2. The minimum atomic E-state index is -0.833. The topological polar surface area (TPSA) is 111 Å². The molecule has 0 saturated carbocycles. The molecule has 0 fully saturated rings. The summed E-state index contributed by atoms with van der Waals surface area (Å²) in [5.41, 5.74) is 8.76. The predicted molar refractivity (Wildman–Crippen MR) is 212 cm³/mol. The fraction of sp³-hybridized carbons (Fsp3) is 0.146. The van der Waals surface area contributed by atoms with Crippen molar-refractivity contribution >= 4 is 65.6 Å². The minimum absolute atomic E-state index is 0. The van der Waals surface area contributed by atoms with Crippen LogP contribution in [0.4, 0.5) is 5.69 Å². The van der Waals surface area contributed by atoms with Crippen LogP contribution in [0.25, 0.3) is 16.6 Å². The largest absolute Gasteiger partial charge is 1.00 e. The Bertz CT molecular complexity index is 1630. The molecule has 0 amide bonds. The molecule has 1 heterocycles. The van der Waals surface area contributed by atoms with Crippen molar-refractivity contribution in [1.29, 1.82) is 0 Å². The summed E-state index contributed by atoms with van der Waals surface area (Å²) in [5.74, 6) is -1.67. The first-order chi connectivity index (χ1) is 23.8. The predicted octanol–water partition coefficient (Wildman–Crippen LogP) is 8.59. The molecule has 0 spiro atoms. The van der Waals surface area contributed by atoms with Crippen LogP contribution in [0, 0.1) is 0 Å². The first kappa shape index (κ1) is 41.9. The third-order valence-electron chi connectivity index (χ3n) is 7.23. The molecule has 3 N–H and O–H groups in total. The van der Waals surface area contributed by atoms with Gasteiger partial charge in [-0.2, -0.15) is 0 Å². The number of nitrogens with one attached hydrogen (secondary N) is 1. The number of hydrogen-bond donors (Lipinski definition) is 2. The number of benzene rings is 5. The Balaban J connectivity index is 0.000000355. The van der Waals surface area contributed by atoms with Gasteiger partial charge in [0.1, 0.15) is 0 Å². The van der Waals surface area contributed by atoms with E-state index < -0.39 is 27.8 Å². The van der Waals surface area contributed by atoms with E-state index in [1.54, 1.807) is 12.3 Å². The maximum absolute atomic E-state index is 9.00. The van der Waals surface area contributed by atoms with Crippen LogP contribution < -0.4 is 21.2 Å². The fourth-order valence-corrected chi connectivity index (χ4v) is 10.6. The molecule has 0 aliphatic carbocycles. The number of carboxylic acids is 2. The Hall–Kier alpha value is -4.27. The number of rotatable bonds is 9. The van der Waals surface area contributed by atoms with Crippen molar-refractivity contribution in [1.82, 2.24) is 4.98 Å². The van der Waals surface area contributed by atoms with Crippen LogP contribution in [-0.2, 0) is 29.1 Å². The third kappa shape index (κ3) is 15.5. The van der Waals surface area contributed by atoms with E-state index in [2.05, 4.69) is 126 Å².